The molecule has 0 fully saturated rings. The highest BCUT2D eigenvalue weighted by Crippen LogP contribution is 2.19. The van der Waals surface area contributed by atoms with Gasteiger partial charge in [-0.05, 0) is 50.2 Å². The number of alkyl carbamates (subject to hydrolysis) is 1. The summed E-state index contributed by atoms with van der Waals surface area (Å²) in [7, 11) is 0. The Balaban J connectivity index is 2.06. The molecule has 2 rings (SSSR count). The molecule has 6 N–H and O–H groups in total. The van der Waals surface area contributed by atoms with Gasteiger partial charge in [-0.2, -0.15) is 0 Å². The highest BCUT2D eigenvalue weighted by molar-refractivity contribution is 5.81. The van der Waals surface area contributed by atoms with E-state index < -0.39 is 53.4 Å². The van der Waals surface area contributed by atoms with Crippen LogP contribution in [0.25, 0.3) is 0 Å². The van der Waals surface area contributed by atoms with Crippen molar-refractivity contribution in [1.29, 1.82) is 0 Å². The largest absolute Gasteiger partial charge is 0.444 e. The van der Waals surface area contributed by atoms with Gasteiger partial charge in [0.2, 0.25) is 5.91 Å². The molecule has 0 saturated heterocycles. The zero-order chi connectivity index (χ0) is 29.9. The summed E-state index contributed by atoms with van der Waals surface area (Å²) in [6, 6.07) is 17.6. The Morgan fingerprint density at radius 2 is 1.15 bits per heavy atom. The summed E-state index contributed by atoms with van der Waals surface area (Å²) in [5.74, 6) is -0.558. The molecule has 0 aliphatic rings. The zero-order valence-electron chi connectivity index (χ0n) is 24.6. The van der Waals surface area contributed by atoms with Gasteiger partial charge in [0.15, 0.2) is 0 Å². The van der Waals surface area contributed by atoms with Crippen molar-refractivity contribution in [3.8, 4) is 0 Å². The van der Waals surface area contributed by atoms with Gasteiger partial charge in [-0.25, -0.2) is 4.79 Å². The molecular formula is C31H47N3O6. The third-order valence-corrected chi connectivity index (χ3v) is 6.33. The molecule has 0 radical (unpaired) electrons. The van der Waals surface area contributed by atoms with E-state index in [1.54, 1.807) is 41.5 Å². The van der Waals surface area contributed by atoms with Crippen LogP contribution in [-0.4, -0.2) is 76.4 Å². The molecule has 0 aromatic heterocycles. The average molecular weight is 558 g/mol. The normalized spacial score (nSPS) is 15.8. The van der Waals surface area contributed by atoms with Crippen LogP contribution >= 0.6 is 0 Å². The second-order valence-electron chi connectivity index (χ2n) is 12.3. The molecule has 4 unspecified atom stereocenters. The van der Waals surface area contributed by atoms with Crippen LogP contribution in [0.3, 0.4) is 0 Å². The molecular weight excluding hydrogens is 510 g/mol. The van der Waals surface area contributed by atoms with Crippen molar-refractivity contribution >= 4 is 12.0 Å². The Morgan fingerprint density at radius 3 is 1.55 bits per heavy atom. The van der Waals surface area contributed by atoms with Gasteiger partial charge in [0.25, 0.3) is 0 Å². The highest BCUT2D eigenvalue weighted by atomic mass is 16.6. The van der Waals surface area contributed by atoms with Crippen LogP contribution in [0.5, 0.6) is 0 Å². The van der Waals surface area contributed by atoms with Crippen LogP contribution in [0.2, 0.25) is 0 Å². The van der Waals surface area contributed by atoms with Gasteiger partial charge in [0, 0.05) is 13.1 Å². The molecule has 0 saturated carbocycles. The van der Waals surface area contributed by atoms with Crippen molar-refractivity contribution in [2.75, 3.05) is 13.1 Å². The summed E-state index contributed by atoms with van der Waals surface area (Å²) in [6.45, 7) is 10.7. The standard InChI is InChI=1S/C31H47N3O6/c1-30(2,3)27(37)28(38)33-23(17-21-13-9-7-10-14-21)25(35)19-32-20-26(36)24(18-22-15-11-8-12-16-22)34-29(39)40-31(4,5)6/h7-16,23-27,32,35-37H,17-20H2,1-6H3,(H,33,38)(H,34,39)/t23?,24-,25?,26?,27?/m0/s1. The monoisotopic (exact) mass is 557 g/mol. The molecule has 2 amide bonds. The maximum atomic E-state index is 12.8. The van der Waals surface area contributed by atoms with Crippen molar-refractivity contribution in [2.45, 2.75) is 90.4 Å². The minimum atomic E-state index is -1.24. The fraction of sp³-hybridized carbons (Fsp3) is 0.548. The number of carbonyl (C=O) groups is 2. The Hall–Kier alpha value is -2.98. The van der Waals surface area contributed by atoms with E-state index in [4.69, 9.17) is 4.74 Å². The van der Waals surface area contributed by atoms with Gasteiger partial charge in [0.1, 0.15) is 11.7 Å². The fourth-order valence-electron chi connectivity index (χ4n) is 4.08. The maximum absolute atomic E-state index is 12.8. The number of benzene rings is 2. The van der Waals surface area contributed by atoms with Gasteiger partial charge in [-0.1, -0.05) is 81.4 Å². The number of hydrogen-bond donors (Lipinski definition) is 6. The van der Waals surface area contributed by atoms with E-state index in [9.17, 15) is 24.9 Å². The Labute approximate surface area is 238 Å². The van der Waals surface area contributed by atoms with Gasteiger partial charge in [-0.3, -0.25) is 4.79 Å². The molecule has 0 aliphatic carbocycles. The molecule has 0 heterocycles. The number of ether oxygens (including phenoxy) is 1. The lowest BCUT2D eigenvalue weighted by atomic mass is 9.88. The van der Waals surface area contributed by atoms with Crippen molar-refractivity contribution in [3.05, 3.63) is 71.8 Å². The predicted molar refractivity (Wildman–Crippen MR) is 156 cm³/mol. The highest BCUT2D eigenvalue weighted by Gasteiger charge is 2.32. The summed E-state index contributed by atoms with van der Waals surface area (Å²) in [5.41, 5.74) is 0.504. The number of aliphatic hydroxyl groups is 3. The molecule has 222 valence electrons. The summed E-state index contributed by atoms with van der Waals surface area (Å²) in [6.07, 6.45) is -3.16. The van der Waals surface area contributed by atoms with E-state index in [1.807, 2.05) is 60.7 Å². The number of aliphatic hydroxyl groups excluding tert-OH is 3. The minimum Gasteiger partial charge on any atom is -0.444 e. The van der Waals surface area contributed by atoms with Crippen molar-refractivity contribution in [2.24, 2.45) is 5.41 Å². The SMILES string of the molecule is CC(C)(C)OC(=O)N[C@@H](Cc1ccccc1)C(O)CNCC(O)C(Cc1ccccc1)NC(=O)C(O)C(C)(C)C. The lowest BCUT2D eigenvalue weighted by Crippen LogP contribution is -2.54. The van der Waals surface area contributed by atoms with Gasteiger partial charge in [-0.15, -0.1) is 0 Å². The molecule has 40 heavy (non-hydrogen) atoms. The van der Waals surface area contributed by atoms with Crippen LogP contribution in [0.1, 0.15) is 52.7 Å². The van der Waals surface area contributed by atoms with Crippen molar-refractivity contribution in [3.63, 3.8) is 0 Å². The van der Waals surface area contributed by atoms with Crippen LogP contribution in [0.15, 0.2) is 60.7 Å². The van der Waals surface area contributed by atoms with Gasteiger partial charge < -0.3 is 36.0 Å². The number of rotatable bonds is 13. The lowest BCUT2D eigenvalue weighted by Gasteiger charge is -2.30. The molecule has 2 aromatic carbocycles. The third-order valence-electron chi connectivity index (χ3n) is 6.33. The smallest absolute Gasteiger partial charge is 0.407 e. The van der Waals surface area contributed by atoms with Crippen LogP contribution in [-0.2, 0) is 22.4 Å². The van der Waals surface area contributed by atoms with E-state index in [1.165, 1.54) is 0 Å². The fourth-order valence-corrected chi connectivity index (χ4v) is 4.08. The first-order valence-electron chi connectivity index (χ1n) is 13.8. The van der Waals surface area contributed by atoms with Gasteiger partial charge in [0.05, 0.1) is 24.3 Å². The first-order chi connectivity index (χ1) is 18.7. The number of amides is 2. The number of hydrogen-bond acceptors (Lipinski definition) is 7. The van der Waals surface area contributed by atoms with Gasteiger partial charge >= 0.3 is 6.09 Å². The Morgan fingerprint density at radius 1 is 0.725 bits per heavy atom. The summed E-state index contributed by atoms with van der Waals surface area (Å²) < 4.78 is 5.38. The lowest BCUT2D eigenvalue weighted by molar-refractivity contribution is -0.136. The number of carbonyl (C=O) groups excluding carboxylic acids is 2. The molecule has 0 bridgehead atoms. The first-order valence-corrected chi connectivity index (χ1v) is 13.8. The molecule has 0 spiro atoms. The third kappa shape index (κ3) is 12.0. The molecule has 9 nitrogen and oxygen atoms in total. The summed E-state index contributed by atoms with van der Waals surface area (Å²) in [4.78, 5) is 25.2. The second-order valence-corrected chi connectivity index (χ2v) is 12.3. The second kappa shape index (κ2) is 15.1. The van der Waals surface area contributed by atoms with E-state index in [0.29, 0.717) is 12.8 Å². The average Bonchev–Trinajstić information content (AvgIpc) is 2.86. The van der Waals surface area contributed by atoms with E-state index >= 15 is 0 Å². The minimum absolute atomic E-state index is 0.0605. The van der Waals surface area contributed by atoms with E-state index in [-0.39, 0.29) is 13.1 Å². The molecule has 9 heteroatoms. The van der Waals surface area contributed by atoms with Crippen molar-refractivity contribution < 1.29 is 29.6 Å². The maximum Gasteiger partial charge on any atom is 0.407 e. The Kier molecular flexibility index (Phi) is 12.6. The topological polar surface area (TPSA) is 140 Å². The Bertz CT molecular complexity index is 1040. The molecule has 2 aromatic rings. The zero-order valence-corrected chi connectivity index (χ0v) is 24.6. The van der Waals surface area contributed by atoms with Crippen LogP contribution < -0.4 is 16.0 Å². The van der Waals surface area contributed by atoms with E-state index in [2.05, 4.69) is 16.0 Å². The number of nitrogens with one attached hydrogen (secondary N) is 3. The predicted octanol–water partition coefficient (Wildman–Crippen LogP) is 2.57. The van der Waals surface area contributed by atoms with Crippen molar-refractivity contribution in [1.82, 2.24) is 16.0 Å². The van der Waals surface area contributed by atoms with E-state index in [0.717, 1.165) is 11.1 Å². The quantitative estimate of drug-likeness (QED) is 0.222. The molecule has 5 atom stereocenters. The summed E-state index contributed by atoms with van der Waals surface area (Å²) in [5, 5.41) is 41.1. The summed E-state index contributed by atoms with van der Waals surface area (Å²) >= 11 is 0. The van der Waals surface area contributed by atoms with Crippen LogP contribution in [0.4, 0.5) is 4.79 Å². The molecule has 0 aliphatic heterocycles. The first kappa shape index (κ1) is 33.2. The van der Waals surface area contributed by atoms with Crippen LogP contribution in [0, 0.1) is 5.41 Å².